The van der Waals surface area contributed by atoms with E-state index in [0.717, 1.165) is 23.4 Å². The molecular weight excluding hydrogens is 252 g/mol. The number of benzene rings is 1. The summed E-state index contributed by atoms with van der Waals surface area (Å²) in [4.78, 5) is 20.1. The summed E-state index contributed by atoms with van der Waals surface area (Å²) >= 11 is 0. The minimum atomic E-state index is -0.189. The average Bonchev–Trinajstić information content (AvgIpc) is 2.46. The summed E-state index contributed by atoms with van der Waals surface area (Å²) in [7, 11) is 0. The van der Waals surface area contributed by atoms with Gasteiger partial charge in [-0.3, -0.25) is 0 Å². The fraction of sp³-hybridized carbons (Fsp3) is 0.267. The van der Waals surface area contributed by atoms with Crippen LogP contribution in [0.3, 0.4) is 0 Å². The predicted molar refractivity (Wildman–Crippen MR) is 79.5 cm³/mol. The van der Waals surface area contributed by atoms with E-state index >= 15 is 0 Å². The molecule has 104 valence electrons. The van der Waals surface area contributed by atoms with E-state index in [1.165, 1.54) is 0 Å². The summed E-state index contributed by atoms with van der Waals surface area (Å²) in [6.07, 6.45) is 2.65. The maximum atomic E-state index is 11.5. The monoisotopic (exact) mass is 270 g/mol. The highest BCUT2D eigenvalue weighted by Gasteiger charge is 2.03. The van der Waals surface area contributed by atoms with Crippen molar-refractivity contribution in [1.29, 1.82) is 0 Å². The first-order valence-electron chi connectivity index (χ1n) is 6.64. The Kier molecular flexibility index (Phi) is 4.65. The molecule has 20 heavy (non-hydrogen) atoms. The Morgan fingerprint density at radius 1 is 1.20 bits per heavy atom. The van der Waals surface area contributed by atoms with Crippen molar-refractivity contribution in [2.24, 2.45) is 0 Å². The Hall–Kier alpha value is -2.43. The lowest BCUT2D eigenvalue weighted by Gasteiger charge is -2.07. The minimum Gasteiger partial charge on any atom is -0.338 e. The maximum Gasteiger partial charge on any atom is 0.319 e. The van der Waals surface area contributed by atoms with Crippen LogP contribution in [0.5, 0.6) is 0 Å². The largest absolute Gasteiger partial charge is 0.338 e. The van der Waals surface area contributed by atoms with Crippen LogP contribution in [-0.2, 0) is 0 Å². The zero-order valence-corrected chi connectivity index (χ0v) is 11.7. The summed E-state index contributed by atoms with van der Waals surface area (Å²) < 4.78 is 0. The lowest BCUT2D eigenvalue weighted by Crippen LogP contribution is -2.29. The molecule has 0 saturated heterocycles. The maximum absolute atomic E-state index is 11.5. The summed E-state index contributed by atoms with van der Waals surface area (Å²) in [6, 6.07) is 9.14. The zero-order chi connectivity index (χ0) is 14.4. The van der Waals surface area contributed by atoms with Crippen molar-refractivity contribution in [3.8, 4) is 11.4 Å². The third kappa shape index (κ3) is 3.78. The first-order valence-corrected chi connectivity index (χ1v) is 6.64. The molecule has 2 aromatic rings. The van der Waals surface area contributed by atoms with Crippen molar-refractivity contribution in [1.82, 2.24) is 15.3 Å². The lowest BCUT2D eigenvalue weighted by molar-refractivity contribution is 0.252. The van der Waals surface area contributed by atoms with Gasteiger partial charge in [0.2, 0.25) is 0 Å². The van der Waals surface area contributed by atoms with E-state index in [4.69, 9.17) is 0 Å². The molecule has 0 atom stereocenters. The first kappa shape index (κ1) is 14.0. The van der Waals surface area contributed by atoms with E-state index in [9.17, 15) is 4.79 Å². The van der Waals surface area contributed by atoms with Crippen LogP contribution in [0.25, 0.3) is 11.4 Å². The van der Waals surface area contributed by atoms with Gasteiger partial charge >= 0.3 is 6.03 Å². The molecule has 0 fully saturated rings. The number of aromatic nitrogens is 2. The van der Waals surface area contributed by atoms with Gasteiger partial charge in [-0.2, -0.15) is 0 Å². The molecular formula is C15H18N4O. The second-order valence-corrected chi connectivity index (χ2v) is 4.48. The van der Waals surface area contributed by atoms with Gasteiger partial charge in [0.15, 0.2) is 5.82 Å². The Morgan fingerprint density at radius 3 is 2.60 bits per heavy atom. The van der Waals surface area contributed by atoms with E-state index in [1.54, 1.807) is 6.20 Å². The molecule has 1 heterocycles. The van der Waals surface area contributed by atoms with Crippen molar-refractivity contribution in [3.05, 3.63) is 42.2 Å². The van der Waals surface area contributed by atoms with Crippen LogP contribution in [-0.4, -0.2) is 22.5 Å². The highest BCUT2D eigenvalue weighted by molar-refractivity contribution is 5.89. The number of amides is 2. The topological polar surface area (TPSA) is 66.9 Å². The number of carbonyl (C=O) groups is 1. The molecule has 1 aromatic carbocycles. The van der Waals surface area contributed by atoms with Gasteiger partial charge in [-0.15, -0.1) is 0 Å². The van der Waals surface area contributed by atoms with Gasteiger partial charge in [0.1, 0.15) is 0 Å². The number of hydrogen-bond acceptors (Lipinski definition) is 3. The van der Waals surface area contributed by atoms with Gasteiger partial charge in [-0.1, -0.05) is 6.92 Å². The third-order valence-corrected chi connectivity index (χ3v) is 2.73. The number of carbonyl (C=O) groups excluding carboxylic acids is 1. The van der Waals surface area contributed by atoms with Gasteiger partial charge in [0.25, 0.3) is 0 Å². The molecule has 0 aliphatic rings. The van der Waals surface area contributed by atoms with Crippen molar-refractivity contribution < 1.29 is 4.79 Å². The van der Waals surface area contributed by atoms with Crippen LogP contribution in [0.2, 0.25) is 0 Å². The molecule has 5 nitrogen and oxygen atoms in total. The minimum absolute atomic E-state index is 0.189. The highest BCUT2D eigenvalue weighted by atomic mass is 16.2. The molecule has 0 aliphatic carbocycles. The molecule has 0 unspecified atom stereocenters. The van der Waals surface area contributed by atoms with Crippen molar-refractivity contribution >= 4 is 11.7 Å². The van der Waals surface area contributed by atoms with E-state index in [1.807, 2.05) is 44.2 Å². The second-order valence-electron chi connectivity index (χ2n) is 4.48. The summed E-state index contributed by atoms with van der Waals surface area (Å²) in [5.41, 5.74) is 2.60. The second kappa shape index (κ2) is 6.65. The standard InChI is InChI=1S/C15H18N4O/c1-3-9-17-15(20)19-13-6-4-12(5-7-13)14-16-10-8-11(2)18-14/h4-8,10H,3,9H2,1-2H3,(H2,17,19,20). The van der Waals surface area contributed by atoms with E-state index in [2.05, 4.69) is 20.6 Å². The van der Waals surface area contributed by atoms with E-state index in [-0.39, 0.29) is 6.03 Å². The number of nitrogens with one attached hydrogen (secondary N) is 2. The quantitative estimate of drug-likeness (QED) is 0.897. The number of rotatable bonds is 4. The van der Waals surface area contributed by atoms with Crippen LogP contribution >= 0.6 is 0 Å². The fourth-order valence-electron chi connectivity index (χ4n) is 1.70. The number of urea groups is 1. The van der Waals surface area contributed by atoms with Gasteiger partial charge in [0, 0.05) is 29.7 Å². The average molecular weight is 270 g/mol. The molecule has 0 bridgehead atoms. The van der Waals surface area contributed by atoms with Crippen LogP contribution in [0.1, 0.15) is 19.0 Å². The summed E-state index contributed by atoms with van der Waals surface area (Å²) in [5.74, 6) is 0.687. The van der Waals surface area contributed by atoms with Gasteiger partial charge < -0.3 is 10.6 Å². The Bertz CT molecular complexity index is 581. The van der Waals surface area contributed by atoms with E-state index in [0.29, 0.717) is 12.4 Å². The predicted octanol–water partition coefficient (Wildman–Crippen LogP) is 2.98. The number of anilines is 1. The Balaban J connectivity index is 2.05. The normalized spacial score (nSPS) is 10.1. The molecule has 0 spiro atoms. The Labute approximate surface area is 118 Å². The number of hydrogen-bond donors (Lipinski definition) is 2. The molecule has 0 saturated carbocycles. The van der Waals surface area contributed by atoms with Gasteiger partial charge in [0.05, 0.1) is 0 Å². The van der Waals surface area contributed by atoms with Crippen molar-refractivity contribution in [2.45, 2.75) is 20.3 Å². The molecule has 1 aromatic heterocycles. The molecule has 2 rings (SSSR count). The fourth-order valence-corrected chi connectivity index (χ4v) is 1.70. The van der Waals surface area contributed by atoms with E-state index < -0.39 is 0 Å². The molecule has 5 heteroatoms. The molecule has 2 N–H and O–H groups in total. The van der Waals surface area contributed by atoms with Crippen molar-refractivity contribution in [2.75, 3.05) is 11.9 Å². The SMILES string of the molecule is CCCNC(=O)Nc1ccc(-c2nccc(C)n2)cc1. The zero-order valence-electron chi connectivity index (χ0n) is 11.7. The summed E-state index contributed by atoms with van der Waals surface area (Å²) in [6.45, 7) is 4.61. The number of aryl methyl sites for hydroxylation is 1. The van der Waals surface area contributed by atoms with Crippen LogP contribution in [0.15, 0.2) is 36.5 Å². The van der Waals surface area contributed by atoms with Crippen LogP contribution < -0.4 is 10.6 Å². The Morgan fingerprint density at radius 2 is 1.95 bits per heavy atom. The van der Waals surface area contributed by atoms with Gasteiger partial charge in [-0.25, -0.2) is 14.8 Å². The summed E-state index contributed by atoms with van der Waals surface area (Å²) in [5, 5.41) is 5.54. The molecule has 0 aliphatic heterocycles. The molecule has 2 amide bonds. The smallest absolute Gasteiger partial charge is 0.319 e. The highest BCUT2D eigenvalue weighted by Crippen LogP contribution is 2.17. The van der Waals surface area contributed by atoms with Gasteiger partial charge in [-0.05, 0) is 43.7 Å². The van der Waals surface area contributed by atoms with Crippen LogP contribution in [0.4, 0.5) is 10.5 Å². The number of nitrogens with zero attached hydrogens (tertiary/aromatic N) is 2. The van der Waals surface area contributed by atoms with Crippen molar-refractivity contribution in [3.63, 3.8) is 0 Å². The lowest BCUT2D eigenvalue weighted by atomic mass is 10.2. The first-order chi connectivity index (χ1) is 9.69. The third-order valence-electron chi connectivity index (χ3n) is 2.73. The molecule has 0 radical (unpaired) electrons. The van der Waals surface area contributed by atoms with Crippen LogP contribution in [0, 0.1) is 6.92 Å².